The Hall–Kier alpha value is -1.81. The number of anilines is 1. The van der Waals surface area contributed by atoms with Crippen LogP contribution < -0.4 is 10.5 Å². The molecule has 0 bridgehead atoms. The molecule has 0 aliphatic heterocycles. The summed E-state index contributed by atoms with van der Waals surface area (Å²) in [5.41, 5.74) is 5.76. The molecule has 0 fully saturated rings. The number of rotatable bonds is 2. The van der Waals surface area contributed by atoms with Crippen LogP contribution in [0.2, 0.25) is 5.02 Å². The van der Waals surface area contributed by atoms with Crippen molar-refractivity contribution in [1.82, 2.24) is 0 Å². The molecule has 0 saturated heterocycles. The van der Waals surface area contributed by atoms with Crippen LogP contribution in [0.5, 0.6) is 5.75 Å². The molecule has 0 amide bonds. The summed E-state index contributed by atoms with van der Waals surface area (Å²) in [5, 5.41) is 0.0484. The average molecular weight is 270 g/mol. The zero-order chi connectivity index (χ0) is 13.3. The molecular formula is C13H10ClF2NO. The molecule has 2 rings (SSSR count). The molecule has 0 radical (unpaired) electrons. The number of benzene rings is 2. The van der Waals surface area contributed by atoms with Crippen molar-refractivity contribution in [2.75, 3.05) is 12.8 Å². The van der Waals surface area contributed by atoms with Crippen molar-refractivity contribution >= 4 is 17.3 Å². The third kappa shape index (κ3) is 2.24. The van der Waals surface area contributed by atoms with Crippen LogP contribution in [0.4, 0.5) is 14.5 Å². The first kappa shape index (κ1) is 12.6. The molecule has 2 N–H and O–H groups in total. The molecule has 2 aromatic carbocycles. The Labute approximate surface area is 108 Å². The van der Waals surface area contributed by atoms with Gasteiger partial charge >= 0.3 is 0 Å². The minimum atomic E-state index is -0.681. The van der Waals surface area contributed by atoms with Crippen LogP contribution in [0.25, 0.3) is 11.1 Å². The van der Waals surface area contributed by atoms with Gasteiger partial charge in [-0.1, -0.05) is 11.6 Å². The normalized spacial score (nSPS) is 10.4. The Kier molecular flexibility index (Phi) is 3.39. The van der Waals surface area contributed by atoms with E-state index >= 15 is 0 Å². The Morgan fingerprint density at radius 3 is 2.44 bits per heavy atom. The number of nitrogen functional groups attached to an aromatic ring is 1. The number of hydrogen-bond donors (Lipinski definition) is 1. The molecule has 2 nitrogen and oxygen atoms in total. The van der Waals surface area contributed by atoms with Crippen molar-refractivity contribution in [3.05, 3.63) is 47.0 Å². The van der Waals surface area contributed by atoms with E-state index in [0.29, 0.717) is 11.3 Å². The summed E-state index contributed by atoms with van der Waals surface area (Å²) in [6.07, 6.45) is 0. The molecule has 94 valence electrons. The maximum atomic E-state index is 13.7. The smallest absolute Gasteiger partial charge is 0.148 e. The van der Waals surface area contributed by atoms with E-state index in [-0.39, 0.29) is 16.3 Å². The molecule has 0 saturated carbocycles. The monoisotopic (exact) mass is 269 g/mol. The van der Waals surface area contributed by atoms with E-state index in [1.54, 1.807) is 0 Å². The van der Waals surface area contributed by atoms with Gasteiger partial charge in [-0.15, -0.1) is 0 Å². The van der Waals surface area contributed by atoms with Gasteiger partial charge in [0.25, 0.3) is 0 Å². The number of hydrogen-bond acceptors (Lipinski definition) is 2. The highest BCUT2D eigenvalue weighted by atomic mass is 35.5. The van der Waals surface area contributed by atoms with Crippen molar-refractivity contribution in [2.45, 2.75) is 0 Å². The van der Waals surface area contributed by atoms with Crippen molar-refractivity contribution < 1.29 is 13.5 Å². The zero-order valence-corrected chi connectivity index (χ0v) is 10.3. The van der Waals surface area contributed by atoms with Gasteiger partial charge in [-0.3, -0.25) is 0 Å². The second kappa shape index (κ2) is 4.82. The topological polar surface area (TPSA) is 35.2 Å². The SMILES string of the molecule is COc1ccc(F)c(-c2cc(F)c(N)c(Cl)c2)c1. The van der Waals surface area contributed by atoms with Crippen LogP contribution in [-0.4, -0.2) is 7.11 Å². The molecule has 18 heavy (non-hydrogen) atoms. The van der Waals surface area contributed by atoms with Crippen LogP contribution in [-0.2, 0) is 0 Å². The molecule has 0 aliphatic rings. The molecule has 0 aromatic heterocycles. The van der Waals surface area contributed by atoms with Crippen LogP contribution in [0.15, 0.2) is 30.3 Å². The first-order chi connectivity index (χ1) is 8.52. The number of nitrogens with two attached hydrogens (primary N) is 1. The first-order valence-electron chi connectivity index (χ1n) is 5.11. The Morgan fingerprint density at radius 1 is 1.11 bits per heavy atom. The standard InChI is InChI=1S/C13H10ClF2NO/c1-18-8-2-3-11(15)9(6-8)7-4-10(14)13(17)12(16)5-7/h2-6H,17H2,1H3. The van der Waals surface area contributed by atoms with Gasteiger partial charge in [-0.2, -0.15) is 0 Å². The Balaban J connectivity index is 2.61. The van der Waals surface area contributed by atoms with Crippen molar-refractivity contribution in [1.29, 1.82) is 0 Å². The third-order valence-electron chi connectivity index (χ3n) is 2.56. The molecule has 2 aromatic rings. The summed E-state index contributed by atoms with van der Waals surface area (Å²) < 4.78 is 32.2. The highest BCUT2D eigenvalue weighted by Gasteiger charge is 2.12. The zero-order valence-electron chi connectivity index (χ0n) is 9.51. The van der Waals surface area contributed by atoms with E-state index < -0.39 is 11.6 Å². The molecule has 0 heterocycles. The van der Waals surface area contributed by atoms with E-state index in [9.17, 15) is 8.78 Å². The molecule has 0 unspecified atom stereocenters. The average Bonchev–Trinajstić information content (AvgIpc) is 2.36. The van der Waals surface area contributed by atoms with Crippen molar-refractivity contribution in [3.8, 4) is 16.9 Å². The minimum Gasteiger partial charge on any atom is -0.497 e. The van der Waals surface area contributed by atoms with E-state index in [2.05, 4.69) is 0 Å². The predicted molar refractivity (Wildman–Crippen MR) is 67.8 cm³/mol. The number of methoxy groups -OCH3 is 1. The fourth-order valence-corrected chi connectivity index (χ4v) is 1.80. The highest BCUT2D eigenvalue weighted by molar-refractivity contribution is 6.33. The summed E-state index contributed by atoms with van der Waals surface area (Å²) >= 11 is 5.78. The van der Waals surface area contributed by atoms with Gasteiger partial charge in [0.05, 0.1) is 17.8 Å². The van der Waals surface area contributed by atoms with Gasteiger partial charge in [0, 0.05) is 5.56 Å². The molecular weight excluding hydrogens is 260 g/mol. The maximum absolute atomic E-state index is 13.7. The van der Waals surface area contributed by atoms with Gasteiger partial charge in [0.2, 0.25) is 0 Å². The lowest BCUT2D eigenvalue weighted by molar-refractivity contribution is 0.414. The first-order valence-corrected chi connectivity index (χ1v) is 5.49. The van der Waals surface area contributed by atoms with Crippen LogP contribution in [0.3, 0.4) is 0 Å². The van der Waals surface area contributed by atoms with E-state index in [1.165, 1.54) is 31.4 Å². The number of halogens is 3. The van der Waals surface area contributed by atoms with Gasteiger partial charge in [0.15, 0.2) is 0 Å². The molecule has 0 atom stereocenters. The van der Waals surface area contributed by atoms with E-state index in [1.807, 2.05) is 0 Å². The van der Waals surface area contributed by atoms with Gasteiger partial charge in [0.1, 0.15) is 17.4 Å². The summed E-state index contributed by atoms with van der Waals surface area (Å²) in [4.78, 5) is 0. The Bertz CT molecular complexity index is 579. The lowest BCUT2D eigenvalue weighted by Crippen LogP contribution is -1.94. The summed E-state index contributed by atoms with van der Waals surface area (Å²) in [5.74, 6) is -0.699. The quantitative estimate of drug-likeness (QED) is 0.840. The van der Waals surface area contributed by atoms with Gasteiger partial charge < -0.3 is 10.5 Å². The predicted octanol–water partition coefficient (Wildman–Crippen LogP) is 3.88. The molecule has 0 aliphatic carbocycles. The second-order valence-electron chi connectivity index (χ2n) is 3.70. The fourth-order valence-electron chi connectivity index (χ4n) is 1.59. The molecule has 0 spiro atoms. The van der Waals surface area contributed by atoms with Gasteiger partial charge in [-0.05, 0) is 35.9 Å². The maximum Gasteiger partial charge on any atom is 0.148 e. The van der Waals surface area contributed by atoms with E-state index in [4.69, 9.17) is 22.1 Å². The summed E-state index contributed by atoms with van der Waals surface area (Å²) in [6, 6.07) is 6.75. The third-order valence-corrected chi connectivity index (χ3v) is 2.88. The van der Waals surface area contributed by atoms with E-state index in [0.717, 1.165) is 6.07 Å². The van der Waals surface area contributed by atoms with Crippen LogP contribution in [0, 0.1) is 11.6 Å². The lowest BCUT2D eigenvalue weighted by Gasteiger charge is -2.08. The van der Waals surface area contributed by atoms with Crippen LogP contribution >= 0.6 is 11.6 Å². The number of ether oxygens (including phenoxy) is 1. The molecule has 5 heteroatoms. The fraction of sp³-hybridized carbons (Fsp3) is 0.0769. The largest absolute Gasteiger partial charge is 0.497 e. The van der Waals surface area contributed by atoms with Crippen LogP contribution in [0.1, 0.15) is 0 Å². The van der Waals surface area contributed by atoms with Crippen molar-refractivity contribution in [2.24, 2.45) is 0 Å². The minimum absolute atomic E-state index is 0.0484. The second-order valence-corrected chi connectivity index (χ2v) is 4.11. The van der Waals surface area contributed by atoms with Gasteiger partial charge in [-0.25, -0.2) is 8.78 Å². The highest BCUT2D eigenvalue weighted by Crippen LogP contribution is 2.32. The Morgan fingerprint density at radius 2 is 1.83 bits per heavy atom. The summed E-state index contributed by atoms with van der Waals surface area (Å²) in [7, 11) is 1.47. The van der Waals surface area contributed by atoms with Crippen molar-refractivity contribution in [3.63, 3.8) is 0 Å². The summed E-state index contributed by atoms with van der Waals surface area (Å²) in [6.45, 7) is 0. The lowest BCUT2D eigenvalue weighted by atomic mass is 10.0.